The first-order valence-corrected chi connectivity index (χ1v) is 10.5. The van der Waals surface area contributed by atoms with Crippen LogP contribution >= 0.6 is 23.1 Å². The largest absolute Gasteiger partial charge is 0.445 e. The van der Waals surface area contributed by atoms with Crippen molar-refractivity contribution in [3.8, 4) is 0 Å². The molecule has 4 rings (SSSR count). The minimum absolute atomic E-state index is 0.191. The van der Waals surface area contributed by atoms with E-state index in [0.29, 0.717) is 35.2 Å². The molecule has 2 aromatic heterocycles. The Hall–Kier alpha value is -1.91. The van der Waals surface area contributed by atoms with Gasteiger partial charge in [0.2, 0.25) is 0 Å². The van der Waals surface area contributed by atoms with E-state index in [-0.39, 0.29) is 17.7 Å². The molecular formula is C17H21N5O3S2. The lowest BCUT2D eigenvalue weighted by Crippen LogP contribution is -2.49. The highest BCUT2D eigenvalue weighted by molar-refractivity contribution is 8.13. The molecule has 2 aliphatic rings. The summed E-state index contributed by atoms with van der Waals surface area (Å²) in [5.41, 5.74) is 5.72. The van der Waals surface area contributed by atoms with Gasteiger partial charge in [-0.25, -0.2) is 15.0 Å². The number of aromatic nitrogens is 2. The number of rotatable bonds is 3. The van der Waals surface area contributed by atoms with Gasteiger partial charge in [-0.1, -0.05) is 11.8 Å². The number of nitrogens with one attached hydrogen (secondary N) is 1. The fourth-order valence-corrected chi connectivity index (χ4v) is 5.50. The van der Waals surface area contributed by atoms with Crippen molar-refractivity contribution in [2.24, 2.45) is 16.6 Å². The summed E-state index contributed by atoms with van der Waals surface area (Å²) in [7, 11) is 0. The molecule has 2 aliphatic heterocycles. The Morgan fingerprint density at radius 2 is 2.22 bits per heavy atom. The van der Waals surface area contributed by atoms with E-state index in [0.717, 1.165) is 17.2 Å². The molecule has 0 aromatic carbocycles. The van der Waals surface area contributed by atoms with Crippen molar-refractivity contribution in [1.29, 1.82) is 0 Å². The highest BCUT2D eigenvalue weighted by Gasteiger charge is 2.49. The number of amidine groups is 1. The number of nitrogens with zero attached hydrogens (tertiary/aromatic N) is 3. The van der Waals surface area contributed by atoms with Crippen molar-refractivity contribution in [1.82, 2.24) is 9.97 Å². The zero-order valence-electron chi connectivity index (χ0n) is 15.3. The first kappa shape index (κ1) is 18.5. The van der Waals surface area contributed by atoms with Crippen molar-refractivity contribution in [2.75, 3.05) is 17.7 Å². The molecule has 4 heterocycles. The molecule has 8 nitrogen and oxygen atoms in total. The number of nitrogens with two attached hydrogens (primary N) is 1. The van der Waals surface area contributed by atoms with Gasteiger partial charge in [0.15, 0.2) is 16.8 Å². The third kappa shape index (κ3) is 3.37. The summed E-state index contributed by atoms with van der Waals surface area (Å²) in [4.78, 5) is 26.0. The second-order valence-corrected chi connectivity index (χ2v) is 8.77. The SMILES string of the molecule is Cc1nc(C(=O)Nc2csc(C34COC(C)CC3CSC(N)=N4)n2)c(C)o1. The van der Waals surface area contributed by atoms with Gasteiger partial charge in [0.05, 0.1) is 12.7 Å². The maximum absolute atomic E-state index is 12.5. The lowest BCUT2D eigenvalue weighted by molar-refractivity contribution is -0.0466. The topological polar surface area (TPSA) is 116 Å². The third-order valence-corrected chi connectivity index (χ3v) is 6.82. The molecule has 2 aromatic rings. The molecule has 3 N–H and O–H groups in total. The lowest BCUT2D eigenvalue weighted by Gasteiger charge is -2.44. The van der Waals surface area contributed by atoms with Crippen LogP contribution in [0.5, 0.6) is 0 Å². The average Bonchev–Trinajstić information content (AvgIpc) is 3.21. The summed E-state index contributed by atoms with van der Waals surface area (Å²) in [6, 6.07) is 0. The van der Waals surface area contributed by atoms with Gasteiger partial charge in [0.25, 0.3) is 5.91 Å². The number of thioether (sulfide) groups is 1. The molecule has 10 heteroatoms. The van der Waals surface area contributed by atoms with Crippen molar-refractivity contribution < 1.29 is 13.9 Å². The zero-order chi connectivity index (χ0) is 19.2. The van der Waals surface area contributed by atoms with Crippen LogP contribution in [0.15, 0.2) is 14.8 Å². The van der Waals surface area contributed by atoms with E-state index in [2.05, 4.69) is 22.2 Å². The Morgan fingerprint density at radius 1 is 1.41 bits per heavy atom. The maximum Gasteiger partial charge on any atom is 0.279 e. The average molecular weight is 408 g/mol. The second kappa shape index (κ2) is 6.92. The van der Waals surface area contributed by atoms with Gasteiger partial charge in [-0.2, -0.15) is 0 Å². The van der Waals surface area contributed by atoms with E-state index in [1.54, 1.807) is 25.6 Å². The van der Waals surface area contributed by atoms with Crippen molar-refractivity contribution in [3.05, 3.63) is 27.7 Å². The number of ether oxygens (including phenoxy) is 1. The molecule has 1 amide bonds. The van der Waals surface area contributed by atoms with Crippen molar-refractivity contribution in [3.63, 3.8) is 0 Å². The zero-order valence-corrected chi connectivity index (χ0v) is 16.9. The quantitative estimate of drug-likeness (QED) is 0.803. The van der Waals surface area contributed by atoms with Crippen LogP contribution in [0.3, 0.4) is 0 Å². The van der Waals surface area contributed by atoms with Crippen LogP contribution in [0, 0.1) is 19.8 Å². The molecule has 1 fully saturated rings. The number of fused-ring (bicyclic) bond motifs is 1. The van der Waals surface area contributed by atoms with Crippen LogP contribution in [-0.4, -0.2) is 39.5 Å². The number of carbonyl (C=O) groups is 1. The number of hydrogen-bond acceptors (Lipinski definition) is 9. The van der Waals surface area contributed by atoms with E-state index in [1.807, 2.05) is 5.38 Å². The maximum atomic E-state index is 12.5. The van der Waals surface area contributed by atoms with E-state index < -0.39 is 5.54 Å². The standard InChI is InChI=1S/C17H21N5O3S2/c1-8-4-11-5-27-16(18)22-17(11,7-24-8)15-21-12(6-26-15)20-14(23)13-9(2)25-10(3)19-13/h6,8,11H,4-5,7H2,1-3H3,(H2,18,22)(H,20,23). The molecule has 1 saturated heterocycles. The summed E-state index contributed by atoms with van der Waals surface area (Å²) in [5.74, 6) is 2.26. The molecule has 0 aliphatic carbocycles. The van der Waals surface area contributed by atoms with Gasteiger partial charge in [-0.05, 0) is 20.3 Å². The summed E-state index contributed by atoms with van der Waals surface area (Å²) < 4.78 is 11.2. The van der Waals surface area contributed by atoms with E-state index >= 15 is 0 Å². The number of amides is 1. The van der Waals surface area contributed by atoms with E-state index in [4.69, 9.17) is 19.9 Å². The number of oxazole rings is 1. The fraction of sp³-hybridized carbons (Fsp3) is 0.529. The monoisotopic (exact) mass is 407 g/mol. The van der Waals surface area contributed by atoms with Crippen molar-refractivity contribution >= 4 is 40.0 Å². The normalized spacial score (nSPS) is 27.7. The fourth-order valence-electron chi connectivity index (χ4n) is 3.52. The third-order valence-electron chi connectivity index (χ3n) is 4.86. The van der Waals surface area contributed by atoms with Crippen LogP contribution in [0.4, 0.5) is 5.82 Å². The van der Waals surface area contributed by atoms with Crippen LogP contribution in [0.25, 0.3) is 0 Å². The van der Waals surface area contributed by atoms with Gasteiger partial charge < -0.3 is 20.2 Å². The number of thiazole rings is 1. The highest BCUT2D eigenvalue weighted by atomic mass is 32.2. The number of aliphatic imine (C=N–C) groups is 1. The van der Waals surface area contributed by atoms with Gasteiger partial charge >= 0.3 is 0 Å². The number of aryl methyl sites for hydroxylation is 2. The van der Waals surface area contributed by atoms with Gasteiger partial charge in [0, 0.05) is 24.0 Å². The summed E-state index contributed by atoms with van der Waals surface area (Å²) >= 11 is 3.04. The van der Waals surface area contributed by atoms with Crippen LogP contribution < -0.4 is 11.1 Å². The molecule has 3 atom stereocenters. The smallest absolute Gasteiger partial charge is 0.279 e. The van der Waals surface area contributed by atoms with Crippen LogP contribution in [0.1, 0.15) is 40.5 Å². The molecule has 0 spiro atoms. The van der Waals surface area contributed by atoms with Gasteiger partial charge in [0.1, 0.15) is 22.1 Å². The second-order valence-electron chi connectivity index (χ2n) is 6.87. The first-order chi connectivity index (χ1) is 12.9. The molecule has 0 bridgehead atoms. The van der Waals surface area contributed by atoms with Crippen molar-refractivity contribution in [2.45, 2.75) is 38.8 Å². The number of hydrogen-bond donors (Lipinski definition) is 2. The molecule has 0 radical (unpaired) electrons. The Morgan fingerprint density at radius 3 is 2.96 bits per heavy atom. The lowest BCUT2D eigenvalue weighted by atomic mass is 9.80. The number of anilines is 1. The van der Waals surface area contributed by atoms with Gasteiger partial charge in [-0.3, -0.25) is 4.79 Å². The summed E-state index contributed by atoms with van der Waals surface area (Å²) in [6.45, 7) is 5.94. The molecule has 0 saturated carbocycles. The minimum atomic E-state index is -0.574. The molecule has 144 valence electrons. The predicted molar refractivity (Wildman–Crippen MR) is 105 cm³/mol. The van der Waals surface area contributed by atoms with Crippen LogP contribution in [-0.2, 0) is 10.3 Å². The van der Waals surface area contributed by atoms with Gasteiger partial charge in [-0.15, -0.1) is 11.3 Å². The van der Waals surface area contributed by atoms with E-state index in [1.165, 1.54) is 11.3 Å². The van der Waals surface area contributed by atoms with Crippen LogP contribution in [0.2, 0.25) is 0 Å². The Labute approximate surface area is 165 Å². The number of carbonyl (C=O) groups excluding carboxylic acids is 1. The Kier molecular flexibility index (Phi) is 4.73. The molecule has 3 unspecified atom stereocenters. The predicted octanol–water partition coefficient (Wildman–Crippen LogP) is 2.68. The summed E-state index contributed by atoms with van der Waals surface area (Å²) in [6.07, 6.45) is 1.10. The Balaban J connectivity index is 1.60. The molecule has 27 heavy (non-hydrogen) atoms. The first-order valence-electron chi connectivity index (χ1n) is 8.68. The van der Waals surface area contributed by atoms with E-state index in [9.17, 15) is 4.79 Å². The molecular weight excluding hydrogens is 386 g/mol. The minimum Gasteiger partial charge on any atom is -0.445 e. The highest BCUT2D eigenvalue weighted by Crippen LogP contribution is 2.47. The Bertz CT molecular complexity index is 908. The summed E-state index contributed by atoms with van der Waals surface area (Å²) in [5, 5.41) is 5.97.